The average molecular weight is 458 g/mol. The van der Waals surface area contributed by atoms with E-state index in [-0.39, 0.29) is 18.1 Å². The van der Waals surface area contributed by atoms with Gasteiger partial charge in [0.05, 0.1) is 31.4 Å². The number of nitrogens with zero attached hydrogens (tertiary/aromatic N) is 3. The van der Waals surface area contributed by atoms with Crippen molar-refractivity contribution in [2.24, 2.45) is 0 Å². The van der Waals surface area contributed by atoms with Crippen LogP contribution in [0.3, 0.4) is 0 Å². The molecule has 2 aromatic carbocycles. The van der Waals surface area contributed by atoms with E-state index in [9.17, 15) is 9.18 Å². The first-order valence-electron chi connectivity index (χ1n) is 10.8. The van der Waals surface area contributed by atoms with Crippen molar-refractivity contribution in [3.05, 3.63) is 53.3 Å². The molecule has 1 amide bonds. The molecule has 1 saturated heterocycles. The number of aryl methyl sites for hydroxylation is 1. The van der Waals surface area contributed by atoms with Gasteiger partial charge in [0.1, 0.15) is 17.1 Å². The van der Waals surface area contributed by atoms with E-state index >= 15 is 0 Å². The fourth-order valence-corrected chi connectivity index (χ4v) is 4.95. The van der Waals surface area contributed by atoms with Crippen LogP contribution < -0.4 is 9.64 Å². The van der Waals surface area contributed by atoms with Gasteiger partial charge < -0.3 is 9.47 Å². The lowest BCUT2D eigenvalue weighted by molar-refractivity contribution is -0.118. The number of hydrogen-bond acceptors (Lipinski definition) is 6. The Kier molecular flexibility index (Phi) is 7.34. The number of ether oxygens (including phenoxy) is 2. The Morgan fingerprint density at radius 3 is 2.69 bits per heavy atom. The average Bonchev–Trinajstić information content (AvgIpc) is 3.25. The lowest BCUT2D eigenvalue weighted by atomic mass is 10.1. The lowest BCUT2D eigenvalue weighted by Crippen LogP contribution is -2.39. The van der Waals surface area contributed by atoms with E-state index in [1.54, 1.807) is 24.1 Å². The summed E-state index contributed by atoms with van der Waals surface area (Å²) in [5, 5.41) is 0.668. The first-order valence-corrected chi connectivity index (χ1v) is 11.7. The standard InChI is InChI=1S/C24H28FN3O3S/c1-17-4-9-20(30-2)22-23(17)32-24(26-22)28(11-3-10-27-12-14-31-15-13-27)21(29)16-18-5-7-19(25)8-6-18/h4-9H,3,10-16H2,1-2H3. The van der Waals surface area contributed by atoms with Crippen molar-refractivity contribution < 1.29 is 18.7 Å². The lowest BCUT2D eigenvalue weighted by Gasteiger charge is -2.27. The van der Waals surface area contributed by atoms with E-state index in [0.29, 0.717) is 17.4 Å². The molecule has 0 spiro atoms. The molecule has 0 saturated carbocycles. The number of halogens is 1. The Morgan fingerprint density at radius 2 is 1.97 bits per heavy atom. The zero-order chi connectivity index (χ0) is 22.5. The molecule has 1 aliphatic heterocycles. The summed E-state index contributed by atoms with van der Waals surface area (Å²) in [5.41, 5.74) is 2.66. The van der Waals surface area contributed by atoms with Crippen molar-refractivity contribution in [3.8, 4) is 5.75 Å². The highest BCUT2D eigenvalue weighted by Gasteiger charge is 2.22. The Balaban J connectivity index is 1.57. The van der Waals surface area contributed by atoms with Gasteiger partial charge in [-0.25, -0.2) is 9.37 Å². The fourth-order valence-electron chi connectivity index (χ4n) is 3.86. The van der Waals surface area contributed by atoms with Gasteiger partial charge in [-0.2, -0.15) is 0 Å². The highest BCUT2D eigenvalue weighted by molar-refractivity contribution is 7.22. The predicted molar refractivity (Wildman–Crippen MR) is 125 cm³/mol. The quantitative estimate of drug-likeness (QED) is 0.511. The van der Waals surface area contributed by atoms with Crippen LogP contribution in [0.15, 0.2) is 36.4 Å². The Bertz CT molecular complexity index is 1060. The molecule has 170 valence electrons. The number of anilines is 1. The maximum atomic E-state index is 13.3. The first kappa shape index (κ1) is 22.6. The normalized spacial score (nSPS) is 14.6. The van der Waals surface area contributed by atoms with E-state index in [1.165, 1.54) is 23.5 Å². The van der Waals surface area contributed by atoms with Crippen LogP contribution >= 0.6 is 11.3 Å². The van der Waals surface area contributed by atoms with Crippen molar-refractivity contribution in [2.75, 3.05) is 51.4 Å². The third-order valence-electron chi connectivity index (χ3n) is 5.67. The number of morpholine rings is 1. The fraction of sp³-hybridized carbons (Fsp3) is 0.417. The Hall–Kier alpha value is -2.55. The molecule has 1 fully saturated rings. The molecule has 0 atom stereocenters. The van der Waals surface area contributed by atoms with Crippen molar-refractivity contribution in [3.63, 3.8) is 0 Å². The topological polar surface area (TPSA) is 54.9 Å². The van der Waals surface area contributed by atoms with Gasteiger partial charge >= 0.3 is 0 Å². The number of aromatic nitrogens is 1. The van der Waals surface area contributed by atoms with Crippen LogP contribution in [0.4, 0.5) is 9.52 Å². The number of methoxy groups -OCH3 is 1. The molecule has 4 rings (SSSR count). The maximum Gasteiger partial charge on any atom is 0.233 e. The SMILES string of the molecule is COc1ccc(C)c2sc(N(CCCN3CCOCC3)C(=O)Cc3ccc(F)cc3)nc12. The summed E-state index contributed by atoms with van der Waals surface area (Å²) in [5.74, 6) is 0.346. The number of rotatable bonds is 8. The number of benzene rings is 2. The molecule has 1 aliphatic rings. The zero-order valence-electron chi connectivity index (χ0n) is 18.5. The van der Waals surface area contributed by atoms with E-state index in [0.717, 1.165) is 60.6 Å². The van der Waals surface area contributed by atoms with Gasteiger partial charge in [-0.3, -0.25) is 14.6 Å². The summed E-state index contributed by atoms with van der Waals surface area (Å²) in [4.78, 5) is 22.3. The molecule has 0 unspecified atom stereocenters. The van der Waals surface area contributed by atoms with Crippen molar-refractivity contribution in [1.29, 1.82) is 0 Å². The van der Waals surface area contributed by atoms with Crippen LogP contribution in [-0.2, 0) is 16.0 Å². The third-order valence-corrected chi connectivity index (χ3v) is 6.89. The molecule has 0 aliphatic carbocycles. The largest absolute Gasteiger partial charge is 0.494 e. The van der Waals surface area contributed by atoms with Crippen LogP contribution in [0.25, 0.3) is 10.2 Å². The van der Waals surface area contributed by atoms with Crippen LogP contribution in [0.1, 0.15) is 17.5 Å². The zero-order valence-corrected chi connectivity index (χ0v) is 19.3. The van der Waals surface area contributed by atoms with Gasteiger partial charge in [-0.1, -0.05) is 29.5 Å². The molecule has 0 N–H and O–H groups in total. The van der Waals surface area contributed by atoms with E-state index in [4.69, 9.17) is 14.5 Å². The highest BCUT2D eigenvalue weighted by Crippen LogP contribution is 2.36. The van der Waals surface area contributed by atoms with Crippen LogP contribution in [0.5, 0.6) is 5.75 Å². The second-order valence-electron chi connectivity index (χ2n) is 7.92. The van der Waals surface area contributed by atoms with Crippen molar-refractivity contribution >= 4 is 32.6 Å². The second kappa shape index (κ2) is 10.4. The highest BCUT2D eigenvalue weighted by atomic mass is 32.1. The maximum absolute atomic E-state index is 13.3. The van der Waals surface area contributed by atoms with Crippen LogP contribution in [-0.4, -0.2) is 62.3 Å². The monoisotopic (exact) mass is 457 g/mol. The van der Waals surface area contributed by atoms with Crippen LogP contribution in [0.2, 0.25) is 0 Å². The van der Waals surface area contributed by atoms with E-state index in [1.807, 2.05) is 19.1 Å². The molecule has 0 bridgehead atoms. The summed E-state index contributed by atoms with van der Waals surface area (Å²) in [6.07, 6.45) is 1.03. The second-order valence-corrected chi connectivity index (χ2v) is 8.89. The first-order chi connectivity index (χ1) is 15.5. The molecule has 8 heteroatoms. The molecule has 32 heavy (non-hydrogen) atoms. The van der Waals surface area contributed by atoms with Gasteiger partial charge in [0.25, 0.3) is 0 Å². The summed E-state index contributed by atoms with van der Waals surface area (Å²) in [7, 11) is 1.63. The third kappa shape index (κ3) is 5.26. The summed E-state index contributed by atoms with van der Waals surface area (Å²) >= 11 is 1.51. The van der Waals surface area contributed by atoms with Gasteiger partial charge in [0.2, 0.25) is 5.91 Å². The van der Waals surface area contributed by atoms with Gasteiger partial charge in [0, 0.05) is 26.2 Å². The van der Waals surface area contributed by atoms with E-state index < -0.39 is 0 Å². The Morgan fingerprint density at radius 1 is 1.22 bits per heavy atom. The molecule has 6 nitrogen and oxygen atoms in total. The molecular formula is C24H28FN3O3S. The number of hydrogen-bond donors (Lipinski definition) is 0. The number of carbonyl (C=O) groups is 1. The van der Waals surface area contributed by atoms with E-state index in [2.05, 4.69) is 4.90 Å². The molecule has 2 heterocycles. The number of amides is 1. The molecule has 0 radical (unpaired) electrons. The Labute approximate surface area is 191 Å². The molecule has 3 aromatic rings. The minimum atomic E-state index is -0.308. The van der Waals surface area contributed by atoms with Crippen molar-refractivity contribution in [2.45, 2.75) is 19.8 Å². The molecular weight excluding hydrogens is 429 g/mol. The summed E-state index contributed by atoms with van der Waals surface area (Å²) in [6, 6.07) is 10.0. The van der Waals surface area contributed by atoms with Gasteiger partial charge in [-0.05, 0) is 42.7 Å². The minimum Gasteiger partial charge on any atom is -0.494 e. The number of fused-ring (bicyclic) bond motifs is 1. The summed E-state index contributed by atoms with van der Waals surface area (Å²) in [6.45, 7) is 6.85. The van der Waals surface area contributed by atoms with Crippen LogP contribution in [0, 0.1) is 12.7 Å². The van der Waals surface area contributed by atoms with Crippen molar-refractivity contribution in [1.82, 2.24) is 9.88 Å². The number of carbonyl (C=O) groups excluding carboxylic acids is 1. The predicted octanol–water partition coefficient (Wildman–Crippen LogP) is 4.05. The minimum absolute atomic E-state index is 0.0470. The number of thiazole rings is 1. The molecule has 1 aromatic heterocycles. The van der Waals surface area contributed by atoms with Gasteiger partial charge in [-0.15, -0.1) is 0 Å². The summed E-state index contributed by atoms with van der Waals surface area (Å²) < 4.78 is 25.2. The smallest absolute Gasteiger partial charge is 0.233 e. The van der Waals surface area contributed by atoms with Gasteiger partial charge in [0.15, 0.2) is 5.13 Å².